The third-order valence-corrected chi connectivity index (χ3v) is 7.89. The highest BCUT2D eigenvalue weighted by molar-refractivity contribution is 5.75. The summed E-state index contributed by atoms with van der Waals surface area (Å²) in [5, 5.41) is 10.9. The van der Waals surface area contributed by atoms with E-state index in [1.165, 1.54) is 21.1 Å². The maximum atomic E-state index is 13.3. The highest BCUT2D eigenvalue weighted by atomic mass is 16.7. The number of rotatable bonds is 12. The lowest BCUT2D eigenvalue weighted by Gasteiger charge is -2.48. The molecule has 0 spiro atoms. The second-order valence-corrected chi connectivity index (χ2v) is 10.9. The summed E-state index contributed by atoms with van der Waals surface area (Å²) in [5.41, 5.74) is 1.76. The third-order valence-electron chi connectivity index (χ3n) is 7.89. The monoisotopic (exact) mass is 602 g/mol. The fourth-order valence-corrected chi connectivity index (χ4v) is 5.58. The van der Waals surface area contributed by atoms with Crippen molar-refractivity contribution in [1.29, 1.82) is 0 Å². The number of hydrogen-bond donors (Lipinski definition) is 1. The molecule has 10 atom stereocenters. The predicted octanol–water partition coefficient (Wildman–Crippen LogP) is 3.01. The van der Waals surface area contributed by atoms with E-state index in [-0.39, 0.29) is 19.8 Å². The molecule has 0 aliphatic carbocycles. The molecule has 2 saturated heterocycles. The SMILES string of the molecule is COC1[C@H](O[C@H]2C(C)C(OCc3ccccc3)[C@H](O)O[C@H]2COC(C)=O)OC(C(=O)OCc2ccccc2)[C@@H](C)[C@H]1OC. The number of aliphatic hydroxyl groups is 1. The number of methoxy groups -OCH3 is 2. The van der Waals surface area contributed by atoms with E-state index in [1.54, 1.807) is 0 Å². The van der Waals surface area contributed by atoms with E-state index in [2.05, 4.69) is 0 Å². The first-order valence-electron chi connectivity index (χ1n) is 14.4. The molecule has 2 heterocycles. The molecule has 11 heteroatoms. The standard InChI is InChI=1S/C32H42O11/c1-19-25(24(18-38-21(3)33)41-31(35)27(19)39-16-22-12-8-6-9-13-22)42-32-29(37-5)26(36-4)20(2)28(43-32)30(34)40-17-23-14-10-7-11-15-23/h6-15,19-20,24-29,31-32,35H,16-18H2,1-5H3/t19?,20-,24-,25-,26+,27?,28?,29?,31+,32+/m0/s1. The second kappa shape index (κ2) is 15.7. The Balaban J connectivity index is 1.54. The van der Waals surface area contributed by atoms with Gasteiger partial charge in [0.15, 0.2) is 18.7 Å². The maximum Gasteiger partial charge on any atom is 0.336 e. The Morgan fingerprint density at radius 2 is 1.37 bits per heavy atom. The molecule has 2 aromatic carbocycles. The number of hydrogen-bond acceptors (Lipinski definition) is 11. The van der Waals surface area contributed by atoms with Crippen LogP contribution >= 0.6 is 0 Å². The maximum absolute atomic E-state index is 13.3. The summed E-state index contributed by atoms with van der Waals surface area (Å²) in [5.74, 6) is -1.97. The van der Waals surface area contributed by atoms with Gasteiger partial charge in [0.1, 0.15) is 31.5 Å². The Morgan fingerprint density at radius 3 is 1.95 bits per heavy atom. The van der Waals surface area contributed by atoms with Crippen molar-refractivity contribution in [2.24, 2.45) is 11.8 Å². The highest BCUT2D eigenvalue weighted by Crippen LogP contribution is 2.36. The van der Waals surface area contributed by atoms with Crippen LogP contribution in [-0.2, 0) is 60.7 Å². The van der Waals surface area contributed by atoms with Gasteiger partial charge in [0, 0.05) is 33.0 Å². The Labute approximate surface area is 252 Å². The zero-order valence-corrected chi connectivity index (χ0v) is 25.2. The van der Waals surface area contributed by atoms with Gasteiger partial charge in [-0.15, -0.1) is 0 Å². The van der Waals surface area contributed by atoms with Gasteiger partial charge in [-0.1, -0.05) is 74.5 Å². The number of esters is 2. The zero-order chi connectivity index (χ0) is 30.9. The van der Waals surface area contributed by atoms with Crippen molar-refractivity contribution in [1.82, 2.24) is 0 Å². The van der Waals surface area contributed by atoms with Crippen molar-refractivity contribution in [2.75, 3.05) is 20.8 Å². The molecule has 2 fully saturated rings. The summed E-state index contributed by atoms with van der Waals surface area (Å²) in [4.78, 5) is 24.9. The summed E-state index contributed by atoms with van der Waals surface area (Å²) < 4.78 is 47.1. The summed E-state index contributed by atoms with van der Waals surface area (Å²) in [6, 6.07) is 18.9. The summed E-state index contributed by atoms with van der Waals surface area (Å²) in [7, 11) is 3.03. The van der Waals surface area contributed by atoms with Gasteiger partial charge >= 0.3 is 11.9 Å². The summed E-state index contributed by atoms with van der Waals surface area (Å²) in [6.45, 7) is 5.09. The van der Waals surface area contributed by atoms with E-state index in [0.717, 1.165) is 11.1 Å². The van der Waals surface area contributed by atoms with Crippen molar-refractivity contribution in [2.45, 2.75) is 83.2 Å². The molecule has 43 heavy (non-hydrogen) atoms. The van der Waals surface area contributed by atoms with Crippen LogP contribution in [0.5, 0.6) is 0 Å². The number of ether oxygens (including phenoxy) is 8. The molecule has 2 aliphatic rings. The normalized spacial score (nSPS) is 32.6. The van der Waals surface area contributed by atoms with Gasteiger partial charge in [-0.25, -0.2) is 4.79 Å². The van der Waals surface area contributed by atoms with Crippen molar-refractivity contribution in [3.63, 3.8) is 0 Å². The molecule has 0 saturated carbocycles. The summed E-state index contributed by atoms with van der Waals surface area (Å²) >= 11 is 0. The molecular formula is C32H42O11. The number of benzene rings is 2. The fourth-order valence-electron chi connectivity index (χ4n) is 5.58. The van der Waals surface area contributed by atoms with Gasteiger partial charge in [-0.3, -0.25) is 4.79 Å². The van der Waals surface area contributed by atoms with Crippen molar-refractivity contribution >= 4 is 11.9 Å². The van der Waals surface area contributed by atoms with E-state index in [0.29, 0.717) is 0 Å². The third kappa shape index (κ3) is 8.39. The molecule has 4 unspecified atom stereocenters. The molecule has 0 radical (unpaired) electrons. The number of carbonyl (C=O) groups excluding carboxylic acids is 2. The molecule has 0 amide bonds. The van der Waals surface area contributed by atoms with Crippen LogP contribution in [0.15, 0.2) is 60.7 Å². The first kappa shape index (κ1) is 33.0. The van der Waals surface area contributed by atoms with Crippen molar-refractivity contribution in [3.8, 4) is 0 Å². The Hall–Kier alpha value is -2.90. The minimum absolute atomic E-state index is 0.0828. The van der Waals surface area contributed by atoms with Crippen LogP contribution in [0.4, 0.5) is 0 Å². The Bertz CT molecular complexity index is 1150. The van der Waals surface area contributed by atoms with Crippen molar-refractivity contribution in [3.05, 3.63) is 71.8 Å². The van der Waals surface area contributed by atoms with Crippen molar-refractivity contribution < 1.29 is 52.6 Å². The molecular weight excluding hydrogens is 560 g/mol. The van der Waals surface area contributed by atoms with E-state index in [9.17, 15) is 14.7 Å². The van der Waals surface area contributed by atoms with Gasteiger partial charge in [0.05, 0.1) is 18.8 Å². The van der Waals surface area contributed by atoms with Crippen LogP contribution in [0, 0.1) is 11.8 Å². The average Bonchev–Trinajstić information content (AvgIpc) is 3.01. The zero-order valence-electron chi connectivity index (χ0n) is 25.2. The predicted molar refractivity (Wildman–Crippen MR) is 152 cm³/mol. The minimum atomic E-state index is -1.31. The van der Waals surface area contributed by atoms with Gasteiger partial charge < -0.3 is 43.0 Å². The van der Waals surface area contributed by atoms with Gasteiger partial charge in [-0.2, -0.15) is 0 Å². The van der Waals surface area contributed by atoms with Crippen LogP contribution in [0.3, 0.4) is 0 Å². The first-order valence-corrected chi connectivity index (χ1v) is 14.4. The van der Waals surface area contributed by atoms with E-state index in [4.69, 9.17) is 37.9 Å². The lowest BCUT2D eigenvalue weighted by Crippen LogP contribution is -2.62. The molecule has 236 valence electrons. The lowest BCUT2D eigenvalue weighted by atomic mass is 9.88. The Morgan fingerprint density at radius 1 is 0.767 bits per heavy atom. The van der Waals surface area contributed by atoms with Gasteiger partial charge in [0.2, 0.25) is 0 Å². The molecule has 2 aliphatic heterocycles. The van der Waals surface area contributed by atoms with Crippen LogP contribution in [0.25, 0.3) is 0 Å². The summed E-state index contributed by atoms with van der Waals surface area (Å²) in [6.07, 6.45) is -7.18. The van der Waals surface area contributed by atoms with E-state index < -0.39 is 73.0 Å². The molecule has 2 aromatic rings. The molecule has 0 bridgehead atoms. The Kier molecular flexibility index (Phi) is 12.1. The van der Waals surface area contributed by atoms with Crippen LogP contribution in [0.1, 0.15) is 31.9 Å². The quantitative estimate of drug-likeness (QED) is 0.360. The smallest absolute Gasteiger partial charge is 0.336 e. The minimum Gasteiger partial charge on any atom is -0.463 e. The largest absolute Gasteiger partial charge is 0.463 e. The number of carbonyl (C=O) groups is 2. The first-order chi connectivity index (χ1) is 20.7. The fraction of sp³-hybridized carbons (Fsp3) is 0.562. The van der Waals surface area contributed by atoms with E-state index >= 15 is 0 Å². The molecule has 11 nitrogen and oxygen atoms in total. The highest BCUT2D eigenvalue weighted by Gasteiger charge is 2.52. The average molecular weight is 603 g/mol. The van der Waals surface area contributed by atoms with Gasteiger partial charge in [0.25, 0.3) is 0 Å². The van der Waals surface area contributed by atoms with Crippen LogP contribution < -0.4 is 0 Å². The van der Waals surface area contributed by atoms with Crippen LogP contribution in [0.2, 0.25) is 0 Å². The van der Waals surface area contributed by atoms with Gasteiger partial charge in [-0.05, 0) is 11.1 Å². The molecule has 1 N–H and O–H groups in total. The second-order valence-electron chi connectivity index (χ2n) is 10.9. The number of aliphatic hydroxyl groups excluding tert-OH is 1. The molecule has 4 rings (SSSR count). The topological polar surface area (TPSA) is 128 Å². The molecule has 0 aromatic heterocycles. The van der Waals surface area contributed by atoms with E-state index in [1.807, 2.05) is 74.5 Å². The van der Waals surface area contributed by atoms with Crippen LogP contribution in [-0.4, -0.2) is 87.1 Å². The lowest BCUT2D eigenvalue weighted by molar-refractivity contribution is -0.347.